The Hall–Kier alpha value is -1.44. The standard InChI is InChI=1S/C24H34N4O2S/c1-23-10-8-19-21(31-22(25-19)26-28-11-13-30-14-12-28)18(23)4-3-15-16-5-6-20(27-29)24(16,2)9-7-17(15)23/h4,15-17,29H,3,5-14H2,1-2H3,(H,25,26)/b27-20+/t15-,16-,17-,23+,24-/m0/s1. The number of ether oxygens (including phenoxy) is 1. The van der Waals surface area contributed by atoms with Gasteiger partial charge >= 0.3 is 0 Å². The summed E-state index contributed by atoms with van der Waals surface area (Å²) in [6.07, 6.45) is 10.6. The van der Waals surface area contributed by atoms with Crippen molar-refractivity contribution in [2.75, 3.05) is 31.7 Å². The third-order valence-corrected chi connectivity index (χ3v) is 10.5. The Morgan fingerprint density at radius 1 is 1.16 bits per heavy atom. The molecule has 3 fully saturated rings. The largest absolute Gasteiger partial charge is 0.411 e. The lowest BCUT2D eigenvalue weighted by atomic mass is 9.48. The SMILES string of the molecule is C[C@]12CCc3nc(NN4CCOCC4)sc3C1=CC[C@@H]1[C@@H]2CC[C@]2(C)/C(=N/O)CC[C@@H]12. The molecule has 5 aliphatic rings. The van der Waals surface area contributed by atoms with E-state index in [0.717, 1.165) is 62.3 Å². The summed E-state index contributed by atoms with van der Waals surface area (Å²) in [7, 11) is 0. The molecule has 1 saturated heterocycles. The molecule has 2 heterocycles. The third-order valence-electron chi connectivity index (χ3n) is 9.41. The number of aryl methyl sites for hydroxylation is 1. The lowest BCUT2D eigenvalue weighted by molar-refractivity contribution is 0.0110. The molecule has 0 unspecified atom stereocenters. The molecule has 0 aromatic carbocycles. The molecule has 0 bridgehead atoms. The van der Waals surface area contributed by atoms with Crippen molar-refractivity contribution in [2.24, 2.45) is 33.7 Å². The van der Waals surface area contributed by atoms with Gasteiger partial charge in [-0.15, -0.1) is 0 Å². The van der Waals surface area contributed by atoms with Crippen LogP contribution in [0.15, 0.2) is 11.2 Å². The van der Waals surface area contributed by atoms with Crippen LogP contribution in [0.3, 0.4) is 0 Å². The fourth-order valence-electron chi connectivity index (χ4n) is 7.69. The molecule has 2 saturated carbocycles. The van der Waals surface area contributed by atoms with Crippen LogP contribution in [-0.2, 0) is 11.2 Å². The Kier molecular flexibility index (Phi) is 4.75. The molecule has 2 N–H and O–H groups in total. The van der Waals surface area contributed by atoms with Crippen molar-refractivity contribution in [3.05, 3.63) is 16.6 Å². The average Bonchev–Trinajstić information content (AvgIpc) is 3.33. The van der Waals surface area contributed by atoms with Crippen LogP contribution in [0.1, 0.15) is 62.9 Å². The van der Waals surface area contributed by atoms with E-state index in [4.69, 9.17) is 9.72 Å². The molecule has 4 aliphatic carbocycles. The van der Waals surface area contributed by atoms with Crippen LogP contribution in [0, 0.1) is 28.6 Å². The van der Waals surface area contributed by atoms with E-state index in [2.05, 4.69) is 35.5 Å². The Balaban J connectivity index is 1.30. The van der Waals surface area contributed by atoms with Gasteiger partial charge in [0.2, 0.25) is 0 Å². The highest BCUT2D eigenvalue weighted by atomic mass is 32.1. The number of allylic oxidation sites excluding steroid dienone is 2. The van der Waals surface area contributed by atoms with Gasteiger partial charge in [-0.1, -0.05) is 36.4 Å². The monoisotopic (exact) mass is 442 g/mol. The van der Waals surface area contributed by atoms with Crippen LogP contribution in [0.5, 0.6) is 0 Å². The lowest BCUT2D eigenvalue weighted by Gasteiger charge is -2.56. The topological polar surface area (TPSA) is 70.0 Å². The Morgan fingerprint density at radius 2 is 1.97 bits per heavy atom. The van der Waals surface area contributed by atoms with Gasteiger partial charge in [-0.05, 0) is 73.7 Å². The van der Waals surface area contributed by atoms with E-state index in [1.807, 2.05) is 11.3 Å². The first-order valence-corrected chi connectivity index (χ1v) is 12.9. The maximum Gasteiger partial charge on any atom is 0.198 e. The molecule has 0 amide bonds. The fourth-order valence-corrected chi connectivity index (χ4v) is 8.90. The van der Waals surface area contributed by atoms with Crippen LogP contribution in [0.25, 0.3) is 5.57 Å². The molecule has 168 valence electrons. The molecular formula is C24H34N4O2S. The quantitative estimate of drug-likeness (QED) is 0.508. The van der Waals surface area contributed by atoms with Crippen molar-refractivity contribution in [3.63, 3.8) is 0 Å². The van der Waals surface area contributed by atoms with E-state index < -0.39 is 0 Å². The van der Waals surface area contributed by atoms with Gasteiger partial charge in [0.25, 0.3) is 0 Å². The number of nitrogens with one attached hydrogen (secondary N) is 1. The zero-order valence-corrected chi connectivity index (χ0v) is 19.5. The van der Waals surface area contributed by atoms with Gasteiger partial charge in [0.15, 0.2) is 5.13 Å². The van der Waals surface area contributed by atoms with Gasteiger partial charge in [-0.25, -0.2) is 9.99 Å². The number of hydrogen-bond donors (Lipinski definition) is 2. The highest BCUT2D eigenvalue weighted by Gasteiger charge is 2.58. The minimum absolute atomic E-state index is 0.108. The zero-order chi connectivity index (χ0) is 21.2. The van der Waals surface area contributed by atoms with Gasteiger partial charge in [0.05, 0.1) is 29.5 Å². The second-order valence-electron chi connectivity index (χ2n) is 10.7. The van der Waals surface area contributed by atoms with E-state index >= 15 is 0 Å². The highest BCUT2D eigenvalue weighted by molar-refractivity contribution is 7.16. The molecule has 6 rings (SSSR count). The molecule has 1 aromatic rings. The smallest absolute Gasteiger partial charge is 0.198 e. The Morgan fingerprint density at radius 3 is 2.77 bits per heavy atom. The van der Waals surface area contributed by atoms with E-state index in [0.29, 0.717) is 11.8 Å². The van der Waals surface area contributed by atoms with E-state index in [9.17, 15) is 5.21 Å². The second-order valence-corrected chi connectivity index (χ2v) is 11.7. The van der Waals surface area contributed by atoms with Gasteiger partial charge in [0.1, 0.15) is 0 Å². The van der Waals surface area contributed by atoms with E-state index in [-0.39, 0.29) is 10.8 Å². The van der Waals surface area contributed by atoms with E-state index in [1.54, 1.807) is 5.57 Å². The van der Waals surface area contributed by atoms with E-state index in [1.165, 1.54) is 36.3 Å². The summed E-state index contributed by atoms with van der Waals surface area (Å²) in [5.74, 6) is 2.11. The predicted molar refractivity (Wildman–Crippen MR) is 123 cm³/mol. The highest BCUT2D eigenvalue weighted by Crippen LogP contribution is 2.65. The summed E-state index contributed by atoms with van der Waals surface area (Å²) in [6, 6.07) is 0. The van der Waals surface area contributed by atoms with Crippen molar-refractivity contribution in [3.8, 4) is 0 Å². The molecule has 1 aliphatic heterocycles. The normalized spacial score (nSPS) is 41.2. The third kappa shape index (κ3) is 2.96. The van der Waals surface area contributed by atoms with Gasteiger partial charge in [-0.2, -0.15) is 0 Å². The number of nitrogens with zero attached hydrogens (tertiary/aromatic N) is 3. The first-order valence-electron chi connectivity index (χ1n) is 12.0. The van der Waals surface area contributed by atoms with Crippen LogP contribution in [0.4, 0.5) is 5.13 Å². The Bertz CT molecular complexity index is 936. The van der Waals surface area contributed by atoms with Crippen molar-refractivity contribution >= 4 is 27.8 Å². The van der Waals surface area contributed by atoms with Gasteiger partial charge in [-0.3, -0.25) is 5.43 Å². The van der Waals surface area contributed by atoms with Crippen molar-refractivity contribution < 1.29 is 9.94 Å². The summed E-state index contributed by atoms with van der Waals surface area (Å²) in [4.78, 5) is 6.43. The minimum atomic E-state index is 0.108. The van der Waals surface area contributed by atoms with Gasteiger partial charge in [0, 0.05) is 18.5 Å². The summed E-state index contributed by atoms with van der Waals surface area (Å²) >= 11 is 1.85. The molecule has 0 radical (unpaired) electrons. The first-order chi connectivity index (χ1) is 15.0. The number of oxime groups is 1. The maximum absolute atomic E-state index is 9.59. The second kappa shape index (κ2) is 7.29. The van der Waals surface area contributed by atoms with Crippen LogP contribution in [-0.4, -0.2) is 47.2 Å². The maximum atomic E-state index is 9.59. The predicted octanol–water partition coefficient (Wildman–Crippen LogP) is 4.81. The minimum Gasteiger partial charge on any atom is -0.411 e. The molecule has 5 atom stereocenters. The number of anilines is 1. The number of thiazole rings is 1. The van der Waals surface area contributed by atoms with Crippen molar-refractivity contribution in [2.45, 2.75) is 58.8 Å². The van der Waals surface area contributed by atoms with Crippen molar-refractivity contribution in [1.29, 1.82) is 0 Å². The molecular weight excluding hydrogens is 408 g/mol. The zero-order valence-electron chi connectivity index (χ0n) is 18.7. The van der Waals surface area contributed by atoms with Gasteiger partial charge < -0.3 is 9.94 Å². The average molecular weight is 443 g/mol. The molecule has 0 spiro atoms. The summed E-state index contributed by atoms with van der Waals surface area (Å²) in [5.41, 5.74) is 7.82. The molecule has 31 heavy (non-hydrogen) atoms. The molecule has 7 heteroatoms. The number of morpholine rings is 1. The first kappa shape index (κ1) is 20.2. The number of hydrazine groups is 1. The Labute approximate surface area is 188 Å². The van der Waals surface area contributed by atoms with Crippen LogP contribution in [0.2, 0.25) is 0 Å². The van der Waals surface area contributed by atoms with Crippen LogP contribution < -0.4 is 5.43 Å². The number of fused-ring (bicyclic) bond motifs is 7. The number of rotatable bonds is 2. The number of aromatic nitrogens is 1. The van der Waals surface area contributed by atoms with Crippen LogP contribution >= 0.6 is 11.3 Å². The summed E-state index contributed by atoms with van der Waals surface area (Å²) in [6.45, 7) is 8.29. The summed E-state index contributed by atoms with van der Waals surface area (Å²) in [5, 5.41) is 16.6. The lowest BCUT2D eigenvalue weighted by Crippen LogP contribution is -2.49. The number of hydrogen-bond acceptors (Lipinski definition) is 7. The molecule has 1 aromatic heterocycles. The van der Waals surface area contributed by atoms with Crippen molar-refractivity contribution in [1.82, 2.24) is 9.99 Å². The summed E-state index contributed by atoms with van der Waals surface area (Å²) < 4.78 is 5.47. The fraction of sp³-hybridized carbons (Fsp3) is 0.750. The molecule has 6 nitrogen and oxygen atoms in total.